The molecule has 0 spiro atoms. The molecule has 0 amide bonds. The van der Waals surface area contributed by atoms with Gasteiger partial charge in [-0.3, -0.25) is 4.90 Å². The predicted molar refractivity (Wildman–Crippen MR) is 87.9 cm³/mol. The Morgan fingerprint density at radius 1 is 1.24 bits per heavy atom. The molecule has 0 radical (unpaired) electrons. The lowest BCUT2D eigenvalue weighted by Crippen LogP contribution is -2.45. The first-order valence-electron chi connectivity index (χ1n) is 6.34. The zero-order chi connectivity index (χ0) is 13.8. The molecular formula is C14H19Cl3F2N2. The molecule has 1 atom stereocenters. The highest BCUT2D eigenvalue weighted by Gasteiger charge is 2.27. The lowest BCUT2D eigenvalue weighted by molar-refractivity contribution is 0.171. The SMILES string of the molecule is C=CC[C@@H](c1c(F)ccc(F)c1Cl)N1CCNCC1.Cl.Cl. The number of hydrogen-bond donors (Lipinski definition) is 1. The van der Waals surface area contributed by atoms with Gasteiger partial charge in [0.2, 0.25) is 0 Å². The Morgan fingerprint density at radius 3 is 2.38 bits per heavy atom. The summed E-state index contributed by atoms with van der Waals surface area (Å²) in [5, 5.41) is 3.12. The van der Waals surface area contributed by atoms with Gasteiger partial charge in [0.15, 0.2) is 0 Å². The minimum absolute atomic E-state index is 0. The fourth-order valence-corrected chi connectivity index (χ4v) is 2.73. The maximum atomic E-state index is 14.0. The van der Waals surface area contributed by atoms with Crippen LogP contribution in [0.5, 0.6) is 0 Å². The van der Waals surface area contributed by atoms with E-state index in [0.717, 1.165) is 38.3 Å². The van der Waals surface area contributed by atoms with Crippen molar-refractivity contribution >= 4 is 36.4 Å². The normalized spacial score (nSPS) is 16.5. The first kappa shape index (κ1) is 20.6. The van der Waals surface area contributed by atoms with E-state index >= 15 is 0 Å². The molecule has 21 heavy (non-hydrogen) atoms. The molecule has 0 aromatic heterocycles. The molecule has 0 aliphatic carbocycles. The zero-order valence-electron chi connectivity index (χ0n) is 11.4. The molecule has 1 aliphatic rings. The molecule has 7 heteroatoms. The van der Waals surface area contributed by atoms with Crippen LogP contribution in [0.2, 0.25) is 5.02 Å². The van der Waals surface area contributed by atoms with Crippen LogP contribution < -0.4 is 5.32 Å². The van der Waals surface area contributed by atoms with Crippen LogP contribution >= 0.6 is 36.4 Å². The van der Waals surface area contributed by atoms with Crippen LogP contribution in [0.15, 0.2) is 24.8 Å². The van der Waals surface area contributed by atoms with E-state index in [1.165, 1.54) is 0 Å². The zero-order valence-corrected chi connectivity index (χ0v) is 13.8. The maximum Gasteiger partial charge on any atom is 0.142 e. The van der Waals surface area contributed by atoms with Crippen molar-refractivity contribution in [2.45, 2.75) is 12.5 Å². The Kier molecular flexibility index (Phi) is 9.41. The lowest BCUT2D eigenvalue weighted by atomic mass is 10.00. The fraction of sp³-hybridized carbons (Fsp3) is 0.429. The minimum Gasteiger partial charge on any atom is -0.314 e. The van der Waals surface area contributed by atoms with Gasteiger partial charge < -0.3 is 5.32 Å². The third-order valence-electron chi connectivity index (χ3n) is 3.39. The highest BCUT2D eigenvalue weighted by atomic mass is 35.5. The Balaban J connectivity index is 0.00000200. The first-order chi connectivity index (χ1) is 9.15. The van der Waals surface area contributed by atoms with E-state index in [-0.39, 0.29) is 41.4 Å². The molecule has 2 nitrogen and oxygen atoms in total. The first-order valence-corrected chi connectivity index (χ1v) is 6.72. The number of nitrogens with one attached hydrogen (secondary N) is 1. The maximum absolute atomic E-state index is 14.0. The van der Waals surface area contributed by atoms with E-state index in [0.29, 0.717) is 6.42 Å². The third-order valence-corrected chi connectivity index (χ3v) is 3.78. The summed E-state index contributed by atoms with van der Waals surface area (Å²) in [4.78, 5) is 2.11. The Hall–Kier alpha value is -0.390. The van der Waals surface area contributed by atoms with E-state index in [2.05, 4.69) is 16.8 Å². The van der Waals surface area contributed by atoms with Gasteiger partial charge in [0.1, 0.15) is 11.6 Å². The van der Waals surface area contributed by atoms with Crippen molar-refractivity contribution < 1.29 is 8.78 Å². The quantitative estimate of drug-likeness (QED) is 0.646. The van der Waals surface area contributed by atoms with Crippen molar-refractivity contribution in [1.29, 1.82) is 0 Å². The highest BCUT2D eigenvalue weighted by Crippen LogP contribution is 2.34. The van der Waals surface area contributed by atoms with Gasteiger partial charge in [-0.2, -0.15) is 0 Å². The molecule has 1 aromatic carbocycles. The molecule has 0 unspecified atom stereocenters. The second-order valence-corrected chi connectivity index (χ2v) is 4.96. The van der Waals surface area contributed by atoms with Gasteiger partial charge in [0, 0.05) is 37.8 Å². The van der Waals surface area contributed by atoms with Crippen LogP contribution in [0.1, 0.15) is 18.0 Å². The standard InChI is InChI=1S/C14H17ClF2N2.2ClH/c1-2-3-12(19-8-6-18-7-9-19)13-10(16)4-5-11(17)14(13)15;;/h2,4-5,12,18H,1,3,6-9H2;2*1H/t12-;;/m0../s1. The monoisotopic (exact) mass is 358 g/mol. The summed E-state index contributed by atoms with van der Waals surface area (Å²) >= 11 is 5.96. The van der Waals surface area contributed by atoms with Crippen molar-refractivity contribution in [3.05, 3.63) is 47.0 Å². The Bertz CT molecular complexity index is 466. The topological polar surface area (TPSA) is 15.3 Å². The van der Waals surface area contributed by atoms with Crippen molar-refractivity contribution in [3.63, 3.8) is 0 Å². The highest BCUT2D eigenvalue weighted by molar-refractivity contribution is 6.31. The van der Waals surface area contributed by atoms with Crippen LogP contribution in [-0.2, 0) is 0 Å². The van der Waals surface area contributed by atoms with Crippen molar-refractivity contribution in [2.75, 3.05) is 26.2 Å². The van der Waals surface area contributed by atoms with Gasteiger partial charge in [-0.05, 0) is 18.6 Å². The van der Waals surface area contributed by atoms with E-state index in [4.69, 9.17) is 11.6 Å². The Morgan fingerprint density at radius 2 is 1.81 bits per heavy atom. The van der Waals surface area contributed by atoms with E-state index in [1.807, 2.05) is 0 Å². The number of halogens is 5. The molecule has 1 heterocycles. The summed E-state index contributed by atoms with van der Waals surface area (Å²) in [6.45, 7) is 6.94. The van der Waals surface area contributed by atoms with Gasteiger partial charge in [-0.25, -0.2) is 8.78 Å². The number of hydrogen-bond acceptors (Lipinski definition) is 2. The summed E-state index contributed by atoms with van der Waals surface area (Å²) in [6.07, 6.45) is 2.26. The van der Waals surface area contributed by atoms with E-state index in [1.54, 1.807) is 6.08 Å². The van der Waals surface area contributed by atoms with Gasteiger partial charge >= 0.3 is 0 Å². The third kappa shape index (κ3) is 4.80. The largest absolute Gasteiger partial charge is 0.314 e. The average molecular weight is 360 g/mol. The molecule has 0 bridgehead atoms. The molecular weight excluding hydrogens is 341 g/mol. The van der Waals surface area contributed by atoms with Crippen LogP contribution in [0.3, 0.4) is 0 Å². The molecule has 0 saturated carbocycles. The van der Waals surface area contributed by atoms with E-state index < -0.39 is 11.6 Å². The van der Waals surface area contributed by atoms with Crippen molar-refractivity contribution in [1.82, 2.24) is 10.2 Å². The smallest absolute Gasteiger partial charge is 0.142 e. The number of rotatable bonds is 4. The summed E-state index contributed by atoms with van der Waals surface area (Å²) in [6, 6.07) is 1.93. The molecule has 1 fully saturated rings. The van der Waals surface area contributed by atoms with Gasteiger partial charge in [0.05, 0.1) is 5.02 Å². The molecule has 1 aliphatic heterocycles. The summed E-state index contributed by atoms with van der Waals surface area (Å²) in [7, 11) is 0. The summed E-state index contributed by atoms with van der Waals surface area (Å²) < 4.78 is 27.6. The fourth-order valence-electron chi connectivity index (χ4n) is 2.45. The number of benzene rings is 1. The molecule has 1 N–H and O–H groups in total. The second-order valence-electron chi connectivity index (χ2n) is 4.58. The molecule has 1 aromatic rings. The molecule has 1 saturated heterocycles. The number of nitrogens with zero attached hydrogens (tertiary/aromatic N) is 1. The molecule has 2 rings (SSSR count). The lowest BCUT2D eigenvalue weighted by Gasteiger charge is -2.35. The minimum atomic E-state index is -0.581. The Labute approximate surface area is 141 Å². The van der Waals surface area contributed by atoms with E-state index in [9.17, 15) is 8.78 Å². The van der Waals surface area contributed by atoms with Crippen LogP contribution in [0, 0.1) is 11.6 Å². The number of piperazine rings is 1. The summed E-state index contributed by atoms with van der Waals surface area (Å²) in [5.41, 5.74) is 0.239. The summed E-state index contributed by atoms with van der Waals surface area (Å²) in [5.74, 6) is -1.04. The molecule has 120 valence electrons. The van der Waals surface area contributed by atoms with Crippen molar-refractivity contribution in [3.8, 4) is 0 Å². The predicted octanol–water partition coefficient (Wildman–Crippen LogP) is 3.98. The van der Waals surface area contributed by atoms with Crippen LogP contribution in [-0.4, -0.2) is 31.1 Å². The van der Waals surface area contributed by atoms with Crippen LogP contribution in [0.4, 0.5) is 8.78 Å². The average Bonchev–Trinajstić information content (AvgIpc) is 2.43. The van der Waals surface area contributed by atoms with Crippen LogP contribution in [0.25, 0.3) is 0 Å². The van der Waals surface area contributed by atoms with Crippen molar-refractivity contribution in [2.24, 2.45) is 0 Å². The van der Waals surface area contributed by atoms with Gasteiger partial charge in [0.25, 0.3) is 0 Å². The van der Waals surface area contributed by atoms with Gasteiger partial charge in [-0.1, -0.05) is 17.7 Å². The second kappa shape index (κ2) is 9.59. The van der Waals surface area contributed by atoms with Gasteiger partial charge in [-0.15, -0.1) is 31.4 Å².